The Kier molecular flexibility index (Phi) is 6.65. The van der Waals surface area contributed by atoms with Gasteiger partial charge < -0.3 is 24.4 Å². The molecule has 0 bridgehead atoms. The lowest BCUT2D eigenvalue weighted by atomic mass is 10.2. The molecule has 0 fully saturated rings. The van der Waals surface area contributed by atoms with Gasteiger partial charge in [0.05, 0.1) is 0 Å². The van der Waals surface area contributed by atoms with E-state index in [2.05, 4.69) is 5.32 Å². The molecule has 1 heterocycles. The maximum atomic E-state index is 12.5. The summed E-state index contributed by atoms with van der Waals surface area (Å²) in [6.07, 6.45) is -0.926. The molecule has 0 aromatic heterocycles. The lowest BCUT2D eigenvalue weighted by molar-refractivity contribution is -0.160. The summed E-state index contributed by atoms with van der Waals surface area (Å²) in [6.45, 7) is 8.90. The predicted molar refractivity (Wildman–Crippen MR) is 97.6 cm³/mol. The summed E-state index contributed by atoms with van der Waals surface area (Å²) in [5.74, 6) is -0.354. The molecule has 0 saturated heterocycles. The molecule has 0 aliphatic carbocycles. The van der Waals surface area contributed by atoms with E-state index in [4.69, 9.17) is 14.2 Å². The number of nitrogens with one attached hydrogen (secondary N) is 1. The standard InChI is InChI=1S/C19H26N2O6/c1-11(2)21(12(3)4)19(24)13(5)27-17(22)9-20-18(23)14-6-7-15-16(8-14)26-10-25-15/h6-8,11-13H,9-10H2,1-5H3,(H,20,23)/t13-/m0/s1. The van der Waals surface area contributed by atoms with Crippen LogP contribution in [0.25, 0.3) is 0 Å². The van der Waals surface area contributed by atoms with Crippen LogP contribution in [0.4, 0.5) is 0 Å². The minimum atomic E-state index is -0.926. The topological polar surface area (TPSA) is 94.2 Å². The zero-order valence-corrected chi connectivity index (χ0v) is 16.3. The quantitative estimate of drug-likeness (QED) is 0.726. The van der Waals surface area contributed by atoms with Crippen molar-refractivity contribution in [1.29, 1.82) is 0 Å². The summed E-state index contributed by atoms with van der Waals surface area (Å²) in [5.41, 5.74) is 0.335. The number of nitrogens with zero attached hydrogens (tertiary/aromatic N) is 1. The number of rotatable bonds is 7. The van der Waals surface area contributed by atoms with E-state index < -0.39 is 18.0 Å². The van der Waals surface area contributed by atoms with E-state index in [9.17, 15) is 14.4 Å². The van der Waals surface area contributed by atoms with Crippen LogP contribution in [0.2, 0.25) is 0 Å². The van der Waals surface area contributed by atoms with Crippen molar-refractivity contribution in [2.75, 3.05) is 13.3 Å². The van der Waals surface area contributed by atoms with Crippen LogP contribution < -0.4 is 14.8 Å². The van der Waals surface area contributed by atoms with Crippen LogP contribution >= 0.6 is 0 Å². The summed E-state index contributed by atoms with van der Waals surface area (Å²) < 4.78 is 15.6. The highest BCUT2D eigenvalue weighted by Gasteiger charge is 2.27. The average Bonchev–Trinajstić information content (AvgIpc) is 3.06. The Labute approximate surface area is 158 Å². The zero-order chi connectivity index (χ0) is 20.1. The van der Waals surface area contributed by atoms with Crippen molar-refractivity contribution < 1.29 is 28.6 Å². The first kappa shape index (κ1) is 20.5. The molecule has 8 heteroatoms. The number of hydrogen-bond acceptors (Lipinski definition) is 6. The first-order valence-electron chi connectivity index (χ1n) is 8.90. The van der Waals surface area contributed by atoms with E-state index in [0.29, 0.717) is 17.1 Å². The predicted octanol–water partition coefficient (Wildman–Crippen LogP) is 1.72. The number of hydrogen-bond donors (Lipinski definition) is 1. The van der Waals surface area contributed by atoms with Crippen LogP contribution in [0.1, 0.15) is 45.0 Å². The summed E-state index contributed by atoms with van der Waals surface area (Å²) in [6, 6.07) is 4.72. The minimum Gasteiger partial charge on any atom is -0.454 e. The molecule has 1 aromatic carbocycles. The Hall–Kier alpha value is -2.77. The van der Waals surface area contributed by atoms with Gasteiger partial charge in [0.25, 0.3) is 11.8 Å². The van der Waals surface area contributed by atoms with Crippen molar-refractivity contribution in [3.63, 3.8) is 0 Å². The Morgan fingerprint density at radius 1 is 1.07 bits per heavy atom. The van der Waals surface area contributed by atoms with Crippen molar-refractivity contribution in [1.82, 2.24) is 10.2 Å². The average molecular weight is 378 g/mol. The van der Waals surface area contributed by atoms with Crippen molar-refractivity contribution in [3.8, 4) is 11.5 Å². The smallest absolute Gasteiger partial charge is 0.326 e. The van der Waals surface area contributed by atoms with Gasteiger partial charge in [-0.25, -0.2) is 0 Å². The fourth-order valence-electron chi connectivity index (χ4n) is 2.90. The number of carbonyl (C=O) groups excluding carboxylic acids is 3. The van der Waals surface area contributed by atoms with Gasteiger partial charge >= 0.3 is 5.97 Å². The van der Waals surface area contributed by atoms with Crippen LogP contribution in [-0.4, -0.2) is 54.2 Å². The van der Waals surface area contributed by atoms with E-state index in [-0.39, 0.29) is 31.3 Å². The van der Waals surface area contributed by atoms with E-state index in [1.807, 2.05) is 27.7 Å². The molecule has 8 nitrogen and oxygen atoms in total. The molecule has 0 saturated carbocycles. The second kappa shape index (κ2) is 8.75. The largest absolute Gasteiger partial charge is 0.454 e. The Balaban J connectivity index is 1.86. The molecule has 148 valence electrons. The highest BCUT2D eigenvalue weighted by atomic mass is 16.7. The fraction of sp³-hybridized carbons (Fsp3) is 0.526. The third-order valence-electron chi connectivity index (χ3n) is 4.05. The van der Waals surface area contributed by atoms with Crippen LogP contribution in [0.15, 0.2) is 18.2 Å². The van der Waals surface area contributed by atoms with Gasteiger partial charge in [0.1, 0.15) is 6.54 Å². The maximum absolute atomic E-state index is 12.5. The van der Waals surface area contributed by atoms with Gasteiger partial charge in [-0.1, -0.05) is 0 Å². The number of carbonyl (C=O) groups is 3. The Morgan fingerprint density at radius 3 is 2.33 bits per heavy atom. The number of ether oxygens (including phenoxy) is 3. The molecular formula is C19H26N2O6. The van der Waals surface area contributed by atoms with Crippen molar-refractivity contribution in [2.45, 2.75) is 52.8 Å². The number of amides is 2. The number of fused-ring (bicyclic) bond motifs is 1. The molecule has 0 radical (unpaired) electrons. The van der Waals surface area contributed by atoms with Crippen molar-refractivity contribution >= 4 is 17.8 Å². The molecule has 1 aliphatic heterocycles. The molecule has 0 unspecified atom stereocenters. The molecule has 1 N–H and O–H groups in total. The third-order valence-corrected chi connectivity index (χ3v) is 4.05. The van der Waals surface area contributed by atoms with Gasteiger partial charge in [-0.3, -0.25) is 14.4 Å². The molecule has 2 rings (SSSR count). The number of esters is 1. The van der Waals surface area contributed by atoms with Crippen LogP contribution in [-0.2, 0) is 14.3 Å². The molecule has 1 atom stereocenters. The monoisotopic (exact) mass is 378 g/mol. The molecular weight excluding hydrogens is 352 g/mol. The maximum Gasteiger partial charge on any atom is 0.326 e. The number of benzene rings is 1. The van der Waals surface area contributed by atoms with E-state index in [0.717, 1.165) is 0 Å². The summed E-state index contributed by atoms with van der Waals surface area (Å²) in [7, 11) is 0. The highest BCUT2D eigenvalue weighted by Crippen LogP contribution is 2.32. The Bertz CT molecular complexity index is 708. The molecule has 2 amide bonds. The highest BCUT2D eigenvalue weighted by molar-refractivity contribution is 5.96. The van der Waals surface area contributed by atoms with E-state index in [1.54, 1.807) is 17.0 Å². The van der Waals surface area contributed by atoms with Crippen molar-refractivity contribution in [2.24, 2.45) is 0 Å². The van der Waals surface area contributed by atoms with Gasteiger partial charge in [0.15, 0.2) is 17.6 Å². The normalized spacial score (nSPS) is 13.4. The lowest BCUT2D eigenvalue weighted by Crippen LogP contribution is -2.48. The molecule has 1 aliphatic rings. The molecule has 1 aromatic rings. The third kappa shape index (κ3) is 5.12. The minimum absolute atomic E-state index is 0.00985. The van der Waals surface area contributed by atoms with E-state index in [1.165, 1.54) is 13.0 Å². The zero-order valence-electron chi connectivity index (χ0n) is 16.3. The van der Waals surface area contributed by atoms with Gasteiger partial charge in [0, 0.05) is 17.6 Å². The first-order chi connectivity index (χ1) is 12.7. The van der Waals surface area contributed by atoms with Crippen LogP contribution in [0, 0.1) is 0 Å². The SMILES string of the molecule is CC(C)N(C(=O)[C@H](C)OC(=O)CNC(=O)c1ccc2c(c1)OCO2)C(C)C. The van der Waals surface area contributed by atoms with Gasteiger partial charge in [-0.05, 0) is 52.8 Å². The fourth-order valence-corrected chi connectivity index (χ4v) is 2.90. The molecule has 27 heavy (non-hydrogen) atoms. The van der Waals surface area contributed by atoms with Gasteiger partial charge in [-0.2, -0.15) is 0 Å². The summed E-state index contributed by atoms with van der Waals surface area (Å²) in [5, 5.41) is 2.47. The van der Waals surface area contributed by atoms with Crippen LogP contribution in [0.3, 0.4) is 0 Å². The lowest BCUT2D eigenvalue weighted by Gasteiger charge is -2.32. The van der Waals surface area contributed by atoms with Gasteiger partial charge in [-0.15, -0.1) is 0 Å². The van der Waals surface area contributed by atoms with E-state index >= 15 is 0 Å². The second-order valence-electron chi connectivity index (χ2n) is 6.82. The van der Waals surface area contributed by atoms with Crippen LogP contribution in [0.5, 0.6) is 11.5 Å². The van der Waals surface area contributed by atoms with Gasteiger partial charge in [0.2, 0.25) is 6.79 Å². The molecule has 0 spiro atoms. The van der Waals surface area contributed by atoms with Crippen molar-refractivity contribution in [3.05, 3.63) is 23.8 Å². The summed E-state index contributed by atoms with van der Waals surface area (Å²) >= 11 is 0. The second-order valence-corrected chi connectivity index (χ2v) is 6.82. The Morgan fingerprint density at radius 2 is 1.70 bits per heavy atom. The first-order valence-corrected chi connectivity index (χ1v) is 8.90. The summed E-state index contributed by atoms with van der Waals surface area (Å²) in [4.78, 5) is 38.3.